The number of piperazine rings is 1. The van der Waals surface area contributed by atoms with E-state index >= 15 is 0 Å². The molecule has 8 heteroatoms. The number of aromatic nitrogens is 1. The van der Waals surface area contributed by atoms with E-state index < -0.39 is 4.92 Å². The van der Waals surface area contributed by atoms with Crippen LogP contribution in [0, 0.1) is 24.0 Å². The van der Waals surface area contributed by atoms with Gasteiger partial charge in [-0.25, -0.2) is 4.98 Å². The van der Waals surface area contributed by atoms with E-state index in [2.05, 4.69) is 24.0 Å². The lowest BCUT2D eigenvalue weighted by molar-refractivity contribution is -0.385. The third kappa shape index (κ3) is 3.68. The van der Waals surface area contributed by atoms with Gasteiger partial charge in [-0.3, -0.25) is 14.9 Å². The molecule has 2 heterocycles. The van der Waals surface area contributed by atoms with Crippen LogP contribution < -0.4 is 4.90 Å². The maximum Gasteiger partial charge on any atom is 0.283 e. The number of para-hydroxylation sites is 1. The lowest BCUT2D eigenvalue weighted by Crippen LogP contribution is -2.49. The lowest BCUT2D eigenvalue weighted by Gasteiger charge is -2.35. The molecule has 1 aliphatic rings. The second kappa shape index (κ2) is 7.91. The summed E-state index contributed by atoms with van der Waals surface area (Å²) < 4.78 is 0. The molecule has 1 saturated heterocycles. The summed E-state index contributed by atoms with van der Waals surface area (Å²) in [6.07, 6.45) is 0. The second-order valence-corrected chi connectivity index (χ2v) is 7.90. The van der Waals surface area contributed by atoms with Gasteiger partial charge >= 0.3 is 0 Å². The number of fused-ring (bicyclic) bond motifs is 1. The zero-order valence-corrected chi connectivity index (χ0v) is 17.5. The van der Waals surface area contributed by atoms with E-state index in [9.17, 15) is 14.9 Å². The molecule has 0 N–H and O–H groups in total. The minimum absolute atomic E-state index is 0.0631. The van der Waals surface area contributed by atoms with Gasteiger partial charge in [0.15, 0.2) is 0 Å². The Morgan fingerprint density at radius 3 is 2.50 bits per heavy atom. The minimum Gasteiger partial charge on any atom is -0.353 e. The summed E-state index contributed by atoms with van der Waals surface area (Å²) in [6, 6.07) is 12.4. The van der Waals surface area contributed by atoms with E-state index in [1.54, 1.807) is 4.90 Å². The van der Waals surface area contributed by atoms with Gasteiger partial charge in [-0.05, 0) is 43.2 Å². The Labute approximate surface area is 179 Å². The second-order valence-electron chi connectivity index (χ2n) is 7.47. The van der Waals surface area contributed by atoms with Crippen LogP contribution in [0.3, 0.4) is 0 Å². The Bertz CT molecular complexity index is 1160. The molecule has 154 valence electrons. The molecule has 1 amide bonds. The van der Waals surface area contributed by atoms with Crippen molar-refractivity contribution in [3.05, 3.63) is 74.3 Å². The van der Waals surface area contributed by atoms with E-state index in [4.69, 9.17) is 16.6 Å². The van der Waals surface area contributed by atoms with Crippen LogP contribution in [0.15, 0.2) is 42.5 Å². The van der Waals surface area contributed by atoms with Gasteiger partial charge in [0.05, 0.1) is 10.4 Å². The fourth-order valence-corrected chi connectivity index (χ4v) is 4.02. The van der Waals surface area contributed by atoms with Gasteiger partial charge in [0.25, 0.3) is 11.6 Å². The van der Waals surface area contributed by atoms with Crippen LogP contribution in [0.2, 0.25) is 5.02 Å². The van der Waals surface area contributed by atoms with Crippen molar-refractivity contribution in [2.24, 2.45) is 0 Å². The van der Waals surface area contributed by atoms with Crippen molar-refractivity contribution in [2.75, 3.05) is 31.1 Å². The lowest BCUT2D eigenvalue weighted by atomic mass is 10.1. The van der Waals surface area contributed by atoms with Crippen LogP contribution in [-0.4, -0.2) is 46.9 Å². The first kappa shape index (κ1) is 20.1. The van der Waals surface area contributed by atoms with E-state index in [-0.39, 0.29) is 22.2 Å². The molecular weight excluding hydrogens is 404 g/mol. The number of hydrogen-bond donors (Lipinski definition) is 0. The summed E-state index contributed by atoms with van der Waals surface area (Å²) in [5.41, 5.74) is 3.07. The highest BCUT2D eigenvalue weighted by atomic mass is 35.5. The molecule has 3 aromatic rings. The molecule has 4 rings (SSSR count). The third-order valence-corrected chi connectivity index (χ3v) is 5.75. The number of carbonyl (C=O) groups excluding carboxylic acids is 1. The Kier molecular flexibility index (Phi) is 5.30. The highest BCUT2D eigenvalue weighted by Gasteiger charge is 2.28. The van der Waals surface area contributed by atoms with Gasteiger partial charge in [-0.15, -0.1) is 0 Å². The molecule has 0 spiro atoms. The van der Waals surface area contributed by atoms with Crippen molar-refractivity contribution < 1.29 is 9.72 Å². The number of rotatable bonds is 3. The molecule has 30 heavy (non-hydrogen) atoms. The standard InChI is InChI=1S/C22H21ClN4O3/c1-14-4-3-5-17-15(2)12-20(24-21(14)17)25-8-10-26(11-9-25)22(28)18-7-6-16(23)13-19(18)27(29)30/h3-7,12-13H,8-11H2,1-2H3. The highest BCUT2D eigenvalue weighted by molar-refractivity contribution is 6.31. The normalized spacial score (nSPS) is 14.2. The van der Waals surface area contributed by atoms with Gasteiger partial charge < -0.3 is 9.80 Å². The van der Waals surface area contributed by atoms with Gasteiger partial charge in [0, 0.05) is 42.7 Å². The van der Waals surface area contributed by atoms with E-state index in [1.807, 2.05) is 19.1 Å². The third-order valence-electron chi connectivity index (χ3n) is 5.51. The largest absolute Gasteiger partial charge is 0.353 e. The average Bonchev–Trinajstić information content (AvgIpc) is 2.74. The molecule has 0 atom stereocenters. The molecule has 1 aromatic heterocycles. The zero-order valence-electron chi connectivity index (χ0n) is 16.8. The summed E-state index contributed by atoms with van der Waals surface area (Å²) in [5.74, 6) is 0.537. The minimum atomic E-state index is -0.570. The van der Waals surface area contributed by atoms with E-state index in [0.717, 1.165) is 27.8 Å². The number of carbonyl (C=O) groups is 1. The van der Waals surface area contributed by atoms with Crippen molar-refractivity contribution >= 4 is 39.9 Å². The molecule has 0 aliphatic carbocycles. The number of nitrogens with zero attached hydrogens (tertiary/aromatic N) is 4. The average molecular weight is 425 g/mol. The number of anilines is 1. The van der Waals surface area contributed by atoms with Crippen molar-refractivity contribution in [2.45, 2.75) is 13.8 Å². The maximum absolute atomic E-state index is 12.9. The molecular formula is C22H21ClN4O3. The molecule has 1 aliphatic heterocycles. The summed E-state index contributed by atoms with van der Waals surface area (Å²) in [5, 5.41) is 12.7. The topological polar surface area (TPSA) is 79.6 Å². The smallest absolute Gasteiger partial charge is 0.283 e. The van der Waals surface area contributed by atoms with Crippen LogP contribution in [0.5, 0.6) is 0 Å². The fourth-order valence-electron chi connectivity index (χ4n) is 3.85. The summed E-state index contributed by atoms with van der Waals surface area (Å²) >= 11 is 5.86. The monoisotopic (exact) mass is 424 g/mol. The number of hydrogen-bond acceptors (Lipinski definition) is 5. The summed E-state index contributed by atoms with van der Waals surface area (Å²) in [4.78, 5) is 32.3. The Morgan fingerprint density at radius 2 is 1.80 bits per heavy atom. The predicted molar refractivity (Wildman–Crippen MR) is 117 cm³/mol. The zero-order chi connectivity index (χ0) is 21.4. The molecule has 7 nitrogen and oxygen atoms in total. The molecule has 2 aromatic carbocycles. The first-order chi connectivity index (χ1) is 14.3. The molecule has 0 saturated carbocycles. The van der Waals surface area contributed by atoms with E-state index in [0.29, 0.717) is 26.2 Å². The molecule has 1 fully saturated rings. The Morgan fingerprint density at radius 1 is 1.07 bits per heavy atom. The van der Waals surface area contributed by atoms with Crippen LogP contribution in [0.1, 0.15) is 21.5 Å². The van der Waals surface area contributed by atoms with Gasteiger partial charge in [0.2, 0.25) is 0 Å². The fraction of sp³-hybridized carbons (Fsp3) is 0.273. The number of nitro benzene ring substituents is 1. The number of halogens is 1. The number of pyridine rings is 1. The first-order valence-corrected chi connectivity index (χ1v) is 10.1. The Balaban J connectivity index is 1.54. The quantitative estimate of drug-likeness (QED) is 0.460. The van der Waals surface area contributed by atoms with Gasteiger partial charge in [-0.2, -0.15) is 0 Å². The SMILES string of the molecule is Cc1cc(N2CCN(C(=O)c3ccc(Cl)cc3[N+](=O)[O-])CC2)nc2c(C)cccc12. The van der Waals surface area contributed by atoms with Crippen molar-refractivity contribution in [3.8, 4) is 0 Å². The van der Waals surface area contributed by atoms with Crippen LogP contribution >= 0.6 is 11.6 Å². The maximum atomic E-state index is 12.9. The van der Waals surface area contributed by atoms with Crippen LogP contribution in [-0.2, 0) is 0 Å². The number of amides is 1. The van der Waals surface area contributed by atoms with Gasteiger partial charge in [-0.1, -0.05) is 29.8 Å². The number of aryl methyl sites for hydroxylation is 2. The van der Waals surface area contributed by atoms with Crippen LogP contribution in [0.25, 0.3) is 10.9 Å². The van der Waals surface area contributed by atoms with Crippen molar-refractivity contribution in [3.63, 3.8) is 0 Å². The molecule has 0 radical (unpaired) electrons. The van der Waals surface area contributed by atoms with Gasteiger partial charge in [0.1, 0.15) is 11.4 Å². The number of nitro groups is 1. The molecule has 0 unspecified atom stereocenters. The summed E-state index contributed by atoms with van der Waals surface area (Å²) in [7, 11) is 0. The predicted octanol–water partition coefficient (Wildman–Crippen LogP) is 4.38. The van der Waals surface area contributed by atoms with Crippen molar-refractivity contribution in [1.29, 1.82) is 0 Å². The Hall–Kier alpha value is -3.19. The van der Waals surface area contributed by atoms with Crippen molar-refractivity contribution in [1.82, 2.24) is 9.88 Å². The highest BCUT2D eigenvalue weighted by Crippen LogP contribution is 2.27. The molecule has 0 bridgehead atoms. The summed E-state index contributed by atoms with van der Waals surface area (Å²) in [6.45, 7) is 6.27. The number of benzene rings is 2. The van der Waals surface area contributed by atoms with Crippen LogP contribution in [0.4, 0.5) is 11.5 Å². The van der Waals surface area contributed by atoms with E-state index in [1.165, 1.54) is 18.2 Å². The first-order valence-electron chi connectivity index (χ1n) is 9.70.